The topological polar surface area (TPSA) is 33.0 Å². The number of rotatable bonds is 4. The summed E-state index contributed by atoms with van der Waals surface area (Å²) in [6.45, 7) is 7.85. The van der Waals surface area contributed by atoms with E-state index in [0.717, 1.165) is 22.4 Å². The third-order valence-electron chi connectivity index (χ3n) is 3.06. The van der Waals surface area contributed by atoms with E-state index in [-0.39, 0.29) is 0 Å². The standard InChI is InChI=1S/C17H18ClNO/c1-5-15(11-19)10-16(8-9-18)20-17-13(3)7-6-12(2)14(17)4/h5-10H,1-4H3/b9-8+,15-5+,16-10+. The lowest BCUT2D eigenvalue weighted by Gasteiger charge is -2.14. The Kier molecular flexibility index (Phi) is 6.09. The molecule has 0 aliphatic carbocycles. The molecule has 0 fully saturated rings. The predicted octanol–water partition coefficient (Wildman–Crippen LogP) is 5.10. The van der Waals surface area contributed by atoms with Crippen LogP contribution in [0.25, 0.3) is 0 Å². The van der Waals surface area contributed by atoms with E-state index in [0.29, 0.717) is 11.3 Å². The van der Waals surface area contributed by atoms with Crippen molar-refractivity contribution < 1.29 is 4.74 Å². The molecule has 0 saturated heterocycles. The van der Waals surface area contributed by atoms with Crippen LogP contribution in [-0.2, 0) is 0 Å². The number of nitriles is 1. The highest BCUT2D eigenvalue weighted by atomic mass is 35.5. The van der Waals surface area contributed by atoms with Gasteiger partial charge in [-0.3, -0.25) is 0 Å². The Labute approximate surface area is 125 Å². The average Bonchev–Trinajstić information content (AvgIpc) is 2.44. The highest BCUT2D eigenvalue weighted by Gasteiger charge is 2.08. The molecule has 0 bridgehead atoms. The first-order chi connectivity index (χ1) is 9.53. The maximum absolute atomic E-state index is 8.99. The summed E-state index contributed by atoms with van der Waals surface area (Å²) < 4.78 is 5.93. The Bertz CT molecular complexity index is 619. The molecular weight excluding hydrogens is 270 g/mol. The molecule has 0 radical (unpaired) electrons. The number of aryl methyl sites for hydroxylation is 2. The number of ether oxygens (including phenoxy) is 1. The maximum Gasteiger partial charge on any atom is 0.133 e. The van der Waals surface area contributed by atoms with Crippen molar-refractivity contribution in [3.8, 4) is 11.8 Å². The Morgan fingerprint density at radius 3 is 2.45 bits per heavy atom. The summed E-state index contributed by atoms with van der Waals surface area (Å²) in [5.74, 6) is 1.34. The first-order valence-corrected chi connectivity index (χ1v) is 6.76. The van der Waals surface area contributed by atoms with Gasteiger partial charge in [-0.05, 0) is 56.5 Å². The van der Waals surface area contributed by atoms with Gasteiger partial charge >= 0.3 is 0 Å². The molecule has 1 aromatic carbocycles. The minimum atomic E-state index is 0.526. The molecule has 1 aromatic rings. The van der Waals surface area contributed by atoms with Crippen LogP contribution >= 0.6 is 11.6 Å². The van der Waals surface area contributed by atoms with Gasteiger partial charge in [-0.2, -0.15) is 5.26 Å². The molecule has 2 nitrogen and oxygen atoms in total. The van der Waals surface area contributed by atoms with Crippen LogP contribution in [0.3, 0.4) is 0 Å². The summed E-state index contributed by atoms with van der Waals surface area (Å²) >= 11 is 5.64. The quantitative estimate of drug-likeness (QED) is 0.439. The smallest absolute Gasteiger partial charge is 0.133 e. The van der Waals surface area contributed by atoms with E-state index in [1.807, 2.05) is 26.8 Å². The van der Waals surface area contributed by atoms with E-state index >= 15 is 0 Å². The molecule has 0 atom stereocenters. The van der Waals surface area contributed by atoms with Crippen LogP contribution in [0.4, 0.5) is 0 Å². The van der Waals surface area contributed by atoms with Crippen molar-refractivity contribution in [2.75, 3.05) is 0 Å². The second kappa shape index (κ2) is 7.57. The van der Waals surface area contributed by atoms with Crippen LogP contribution in [-0.4, -0.2) is 0 Å². The minimum absolute atomic E-state index is 0.526. The van der Waals surface area contributed by atoms with Crippen LogP contribution in [0.2, 0.25) is 0 Å². The summed E-state index contributed by atoms with van der Waals surface area (Å²) in [6, 6.07) is 6.17. The Balaban J connectivity index is 3.23. The van der Waals surface area contributed by atoms with Crippen molar-refractivity contribution in [1.82, 2.24) is 0 Å². The first kappa shape index (κ1) is 16.1. The number of benzene rings is 1. The number of hydrogen-bond donors (Lipinski definition) is 0. The van der Waals surface area contributed by atoms with Crippen LogP contribution in [0.5, 0.6) is 5.75 Å². The highest BCUT2D eigenvalue weighted by Crippen LogP contribution is 2.28. The van der Waals surface area contributed by atoms with Gasteiger partial charge in [-0.25, -0.2) is 0 Å². The number of hydrogen-bond acceptors (Lipinski definition) is 2. The predicted molar refractivity (Wildman–Crippen MR) is 83.7 cm³/mol. The molecule has 0 heterocycles. The van der Waals surface area contributed by atoms with Crippen molar-refractivity contribution in [2.45, 2.75) is 27.7 Å². The number of allylic oxidation sites excluding steroid dienone is 4. The van der Waals surface area contributed by atoms with Crippen LogP contribution in [0.1, 0.15) is 23.6 Å². The van der Waals surface area contributed by atoms with Gasteiger partial charge in [0, 0.05) is 5.54 Å². The zero-order valence-electron chi connectivity index (χ0n) is 12.2. The van der Waals surface area contributed by atoms with Gasteiger partial charge in [0.2, 0.25) is 0 Å². The highest BCUT2D eigenvalue weighted by molar-refractivity contribution is 6.25. The lowest BCUT2D eigenvalue weighted by molar-refractivity contribution is 0.437. The van der Waals surface area contributed by atoms with Crippen molar-refractivity contribution in [1.29, 1.82) is 5.26 Å². The number of halogens is 1. The van der Waals surface area contributed by atoms with E-state index in [9.17, 15) is 0 Å². The van der Waals surface area contributed by atoms with Gasteiger partial charge in [0.05, 0.1) is 11.6 Å². The molecule has 0 saturated carbocycles. The van der Waals surface area contributed by atoms with Crippen molar-refractivity contribution in [2.24, 2.45) is 0 Å². The molecule has 0 aliphatic rings. The molecule has 0 aliphatic heterocycles. The lowest BCUT2D eigenvalue weighted by Crippen LogP contribution is -1.99. The van der Waals surface area contributed by atoms with Crippen LogP contribution < -0.4 is 4.74 Å². The second-order valence-electron chi connectivity index (χ2n) is 4.45. The fraction of sp³-hybridized carbons (Fsp3) is 0.235. The molecule has 1 rings (SSSR count). The molecule has 0 spiro atoms. The fourth-order valence-electron chi connectivity index (χ4n) is 1.71. The molecule has 0 aromatic heterocycles. The lowest BCUT2D eigenvalue weighted by atomic mass is 10.1. The van der Waals surface area contributed by atoms with Crippen molar-refractivity contribution in [3.05, 3.63) is 63.9 Å². The normalized spacial score (nSPS) is 12.6. The van der Waals surface area contributed by atoms with Gasteiger partial charge in [-0.15, -0.1) is 0 Å². The van der Waals surface area contributed by atoms with Gasteiger partial charge in [-0.1, -0.05) is 29.8 Å². The Morgan fingerprint density at radius 1 is 1.25 bits per heavy atom. The number of nitrogens with zero attached hydrogens (tertiary/aromatic N) is 1. The molecule has 3 heteroatoms. The van der Waals surface area contributed by atoms with Gasteiger partial charge < -0.3 is 4.74 Å². The SMILES string of the molecule is C\C=C(C#N)/C=C(\C=C\Cl)Oc1c(C)ccc(C)c1C. The molecule has 104 valence electrons. The summed E-state index contributed by atoms with van der Waals surface area (Å²) in [7, 11) is 0. The van der Waals surface area contributed by atoms with Gasteiger partial charge in [0.1, 0.15) is 11.5 Å². The van der Waals surface area contributed by atoms with E-state index in [2.05, 4.69) is 12.1 Å². The fourth-order valence-corrected chi connectivity index (χ4v) is 1.83. The molecule has 20 heavy (non-hydrogen) atoms. The average molecular weight is 288 g/mol. The summed E-state index contributed by atoms with van der Waals surface area (Å²) in [5, 5.41) is 8.99. The Morgan fingerprint density at radius 2 is 1.90 bits per heavy atom. The van der Waals surface area contributed by atoms with Crippen molar-refractivity contribution in [3.63, 3.8) is 0 Å². The summed E-state index contributed by atoms with van der Waals surface area (Å²) in [4.78, 5) is 0. The molecule has 0 unspecified atom stereocenters. The van der Waals surface area contributed by atoms with Gasteiger partial charge in [0.15, 0.2) is 0 Å². The van der Waals surface area contributed by atoms with Crippen LogP contribution in [0, 0.1) is 32.1 Å². The van der Waals surface area contributed by atoms with E-state index in [4.69, 9.17) is 21.6 Å². The van der Waals surface area contributed by atoms with E-state index in [1.54, 1.807) is 25.2 Å². The zero-order valence-corrected chi connectivity index (χ0v) is 13.0. The van der Waals surface area contributed by atoms with Crippen molar-refractivity contribution >= 4 is 11.6 Å². The minimum Gasteiger partial charge on any atom is -0.457 e. The molecule has 0 amide bonds. The zero-order chi connectivity index (χ0) is 15.1. The van der Waals surface area contributed by atoms with Crippen LogP contribution in [0.15, 0.2) is 47.2 Å². The summed E-state index contributed by atoms with van der Waals surface area (Å²) in [5.41, 5.74) is 5.18. The molecular formula is C17H18ClNO. The summed E-state index contributed by atoms with van der Waals surface area (Å²) in [6.07, 6.45) is 5.02. The first-order valence-electron chi connectivity index (χ1n) is 6.33. The monoisotopic (exact) mass is 287 g/mol. The third kappa shape index (κ3) is 4.01. The van der Waals surface area contributed by atoms with E-state index < -0.39 is 0 Å². The van der Waals surface area contributed by atoms with E-state index in [1.165, 1.54) is 5.54 Å². The maximum atomic E-state index is 8.99. The molecule has 0 N–H and O–H groups in total. The largest absolute Gasteiger partial charge is 0.457 e. The van der Waals surface area contributed by atoms with Gasteiger partial charge in [0.25, 0.3) is 0 Å². The second-order valence-corrected chi connectivity index (χ2v) is 4.70. The Hall–Kier alpha value is -1.98. The third-order valence-corrected chi connectivity index (χ3v) is 3.18.